The summed E-state index contributed by atoms with van der Waals surface area (Å²) >= 11 is 3.25. The Bertz CT molecular complexity index is 859. The predicted molar refractivity (Wildman–Crippen MR) is 96.5 cm³/mol. The summed E-state index contributed by atoms with van der Waals surface area (Å²) in [5.41, 5.74) is 3.31. The minimum Gasteiger partial charge on any atom is -0.480 e. The molecular weight excluding hydrogens is 396 g/mol. The number of aromatic nitrogens is 1. The van der Waals surface area contributed by atoms with E-state index in [9.17, 15) is 8.42 Å². The van der Waals surface area contributed by atoms with Crippen LogP contribution in [0.15, 0.2) is 27.6 Å². The van der Waals surface area contributed by atoms with E-state index in [-0.39, 0.29) is 16.7 Å². The second kappa shape index (κ2) is 6.98. The molecule has 2 aromatic rings. The van der Waals surface area contributed by atoms with E-state index >= 15 is 0 Å². The maximum Gasteiger partial charge on any atom is 0.267 e. The van der Waals surface area contributed by atoms with E-state index in [1.807, 2.05) is 32.9 Å². The van der Waals surface area contributed by atoms with Crippen LogP contribution in [0.4, 0.5) is 5.69 Å². The molecule has 0 atom stereocenters. The van der Waals surface area contributed by atoms with E-state index in [1.165, 1.54) is 20.3 Å². The highest BCUT2D eigenvalue weighted by atomic mass is 79.9. The molecule has 1 aromatic carbocycles. The average molecular weight is 415 g/mol. The standard InChI is InChI=1S/C16H19BrN2O4S/c1-9-6-10(2)14(11(3)7-9)19-24(20,21)13-8-12(17)15(22-4)18-16(13)23-5/h6-8,19H,1-5H3. The van der Waals surface area contributed by atoms with Crippen LogP contribution >= 0.6 is 15.9 Å². The third-order valence-electron chi connectivity index (χ3n) is 3.47. The molecule has 0 aliphatic rings. The fraction of sp³-hybridized carbons (Fsp3) is 0.312. The topological polar surface area (TPSA) is 77.5 Å². The number of rotatable bonds is 5. The minimum atomic E-state index is -3.88. The number of aryl methyl sites for hydroxylation is 3. The van der Waals surface area contributed by atoms with E-state index in [0.717, 1.165) is 16.7 Å². The van der Waals surface area contributed by atoms with Crippen LogP contribution in [-0.4, -0.2) is 27.6 Å². The molecule has 0 bridgehead atoms. The van der Waals surface area contributed by atoms with Crippen LogP contribution in [-0.2, 0) is 10.0 Å². The Balaban J connectivity index is 2.54. The van der Waals surface area contributed by atoms with Crippen molar-refractivity contribution >= 4 is 31.6 Å². The zero-order chi connectivity index (χ0) is 18.1. The van der Waals surface area contributed by atoms with Gasteiger partial charge in [0.05, 0.1) is 24.4 Å². The second-order valence-corrected chi connectivity index (χ2v) is 7.87. The van der Waals surface area contributed by atoms with Crippen LogP contribution in [0.2, 0.25) is 0 Å². The largest absolute Gasteiger partial charge is 0.480 e. The smallest absolute Gasteiger partial charge is 0.267 e. The first-order chi connectivity index (χ1) is 11.2. The van der Waals surface area contributed by atoms with Crippen molar-refractivity contribution in [3.05, 3.63) is 39.4 Å². The minimum absolute atomic E-state index is 0.0371. The van der Waals surface area contributed by atoms with Crippen LogP contribution in [0.25, 0.3) is 0 Å². The van der Waals surface area contributed by atoms with Gasteiger partial charge in [-0.1, -0.05) is 17.7 Å². The Labute approximate surface area is 150 Å². The Morgan fingerprint density at radius 1 is 1.00 bits per heavy atom. The first kappa shape index (κ1) is 18.5. The van der Waals surface area contributed by atoms with Crippen molar-refractivity contribution in [1.29, 1.82) is 0 Å². The fourth-order valence-corrected chi connectivity index (χ4v) is 4.42. The number of sulfonamides is 1. The first-order valence-electron chi connectivity index (χ1n) is 7.08. The van der Waals surface area contributed by atoms with Crippen molar-refractivity contribution in [2.75, 3.05) is 18.9 Å². The third kappa shape index (κ3) is 3.64. The molecule has 0 fully saturated rings. The number of hydrogen-bond acceptors (Lipinski definition) is 5. The molecule has 2 rings (SSSR count). The highest BCUT2D eigenvalue weighted by Crippen LogP contribution is 2.33. The fourth-order valence-electron chi connectivity index (χ4n) is 2.45. The number of ether oxygens (including phenoxy) is 2. The number of hydrogen-bond donors (Lipinski definition) is 1. The molecule has 6 nitrogen and oxygen atoms in total. The lowest BCUT2D eigenvalue weighted by Gasteiger charge is -2.16. The van der Waals surface area contributed by atoms with Gasteiger partial charge in [0, 0.05) is 0 Å². The van der Waals surface area contributed by atoms with Gasteiger partial charge in [-0.25, -0.2) is 8.42 Å². The highest BCUT2D eigenvalue weighted by Gasteiger charge is 2.25. The summed E-state index contributed by atoms with van der Waals surface area (Å²) in [6, 6.07) is 5.25. The molecule has 1 aromatic heterocycles. The number of benzene rings is 1. The first-order valence-corrected chi connectivity index (χ1v) is 9.36. The molecule has 0 aliphatic carbocycles. The molecule has 0 saturated heterocycles. The lowest BCUT2D eigenvalue weighted by molar-refractivity contribution is 0.354. The van der Waals surface area contributed by atoms with Crippen LogP contribution < -0.4 is 14.2 Å². The van der Waals surface area contributed by atoms with Crippen molar-refractivity contribution in [2.24, 2.45) is 0 Å². The van der Waals surface area contributed by atoms with Crippen molar-refractivity contribution in [1.82, 2.24) is 4.98 Å². The normalized spacial score (nSPS) is 11.2. The number of anilines is 1. The molecule has 0 spiro atoms. The summed E-state index contributed by atoms with van der Waals surface area (Å²) in [6.45, 7) is 5.68. The Morgan fingerprint density at radius 3 is 2.04 bits per heavy atom. The van der Waals surface area contributed by atoms with E-state index < -0.39 is 10.0 Å². The monoisotopic (exact) mass is 414 g/mol. The lowest BCUT2D eigenvalue weighted by atomic mass is 10.1. The molecule has 8 heteroatoms. The average Bonchev–Trinajstić information content (AvgIpc) is 2.50. The molecule has 24 heavy (non-hydrogen) atoms. The van der Waals surface area contributed by atoms with Crippen LogP contribution in [0, 0.1) is 20.8 Å². The van der Waals surface area contributed by atoms with Gasteiger partial charge in [0.2, 0.25) is 11.8 Å². The van der Waals surface area contributed by atoms with Gasteiger partial charge in [0.15, 0.2) is 4.90 Å². The van der Waals surface area contributed by atoms with Crippen molar-refractivity contribution in [3.8, 4) is 11.8 Å². The van der Waals surface area contributed by atoms with Gasteiger partial charge < -0.3 is 9.47 Å². The third-order valence-corrected chi connectivity index (χ3v) is 5.38. The van der Waals surface area contributed by atoms with Gasteiger partial charge in [-0.15, -0.1) is 0 Å². The van der Waals surface area contributed by atoms with Gasteiger partial charge in [-0.05, 0) is 53.9 Å². The zero-order valence-electron chi connectivity index (χ0n) is 14.1. The molecule has 0 radical (unpaired) electrons. The molecule has 1 N–H and O–H groups in total. The molecule has 1 heterocycles. The maximum absolute atomic E-state index is 12.8. The van der Waals surface area contributed by atoms with Gasteiger partial charge in [-0.2, -0.15) is 4.98 Å². The lowest BCUT2D eigenvalue weighted by Crippen LogP contribution is -2.16. The van der Waals surface area contributed by atoms with Crippen molar-refractivity contribution in [3.63, 3.8) is 0 Å². The number of nitrogens with zero attached hydrogens (tertiary/aromatic N) is 1. The maximum atomic E-state index is 12.8. The van der Waals surface area contributed by atoms with Crippen molar-refractivity contribution < 1.29 is 17.9 Å². The molecule has 0 aliphatic heterocycles. The Kier molecular flexibility index (Phi) is 5.39. The van der Waals surface area contributed by atoms with E-state index in [1.54, 1.807) is 0 Å². The summed E-state index contributed by atoms with van der Waals surface area (Å²) in [7, 11) is -1.08. The van der Waals surface area contributed by atoms with E-state index in [2.05, 4.69) is 25.6 Å². The van der Waals surface area contributed by atoms with Crippen LogP contribution in [0.1, 0.15) is 16.7 Å². The highest BCUT2D eigenvalue weighted by molar-refractivity contribution is 9.10. The Hall–Kier alpha value is -1.80. The number of pyridine rings is 1. The molecule has 130 valence electrons. The van der Waals surface area contributed by atoms with E-state index in [4.69, 9.17) is 9.47 Å². The zero-order valence-corrected chi connectivity index (χ0v) is 16.5. The van der Waals surface area contributed by atoms with Crippen LogP contribution in [0.3, 0.4) is 0 Å². The van der Waals surface area contributed by atoms with Crippen molar-refractivity contribution in [2.45, 2.75) is 25.7 Å². The number of nitrogens with one attached hydrogen (secondary N) is 1. The number of methoxy groups -OCH3 is 2. The summed E-state index contributed by atoms with van der Waals surface area (Å²) in [5, 5.41) is 0. The van der Waals surface area contributed by atoms with E-state index in [0.29, 0.717) is 10.2 Å². The predicted octanol–water partition coefficient (Wildman–Crippen LogP) is 3.59. The Morgan fingerprint density at radius 2 is 1.54 bits per heavy atom. The second-order valence-electron chi connectivity index (χ2n) is 5.37. The molecule has 0 unspecified atom stereocenters. The van der Waals surface area contributed by atoms with Gasteiger partial charge in [-0.3, -0.25) is 4.72 Å². The van der Waals surface area contributed by atoms with Gasteiger partial charge in [0.25, 0.3) is 10.0 Å². The van der Waals surface area contributed by atoms with Crippen LogP contribution in [0.5, 0.6) is 11.8 Å². The summed E-state index contributed by atoms with van der Waals surface area (Å²) < 4.78 is 38.9. The summed E-state index contributed by atoms with van der Waals surface area (Å²) in [5.74, 6) is 0.207. The van der Waals surface area contributed by atoms with Gasteiger partial charge >= 0.3 is 0 Å². The van der Waals surface area contributed by atoms with Gasteiger partial charge in [0.1, 0.15) is 0 Å². The summed E-state index contributed by atoms with van der Waals surface area (Å²) in [6.07, 6.45) is 0. The number of halogens is 1. The summed E-state index contributed by atoms with van der Waals surface area (Å²) in [4.78, 5) is 3.99. The SMILES string of the molecule is COc1nc(OC)c(S(=O)(=O)Nc2c(C)cc(C)cc2C)cc1Br. The molecule has 0 amide bonds. The quantitative estimate of drug-likeness (QED) is 0.808. The molecular formula is C16H19BrN2O4S. The molecule has 0 saturated carbocycles.